The number of aromatic nitrogens is 1. The van der Waals surface area contributed by atoms with Gasteiger partial charge in [-0.25, -0.2) is 9.78 Å². The number of anilines is 2. The van der Waals surface area contributed by atoms with E-state index in [-0.39, 0.29) is 23.2 Å². The van der Waals surface area contributed by atoms with Gasteiger partial charge in [0.25, 0.3) is 0 Å². The molecule has 32 heavy (non-hydrogen) atoms. The van der Waals surface area contributed by atoms with Gasteiger partial charge >= 0.3 is 12.1 Å². The first-order valence-electron chi connectivity index (χ1n) is 9.30. The van der Waals surface area contributed by atoms with Gasteiger partial charge in [0.05, 0.1) is 16.9 Å². The maximum atomic E-state index is 13.1. The number of para-hydroxylation sites is 1. The van der Waals surface area contributed by atoms with Gasteiger partial charge in [0.15, 0.2) is 5.13 Å². The minimum absolute atomic E-state index is 0.0347. The van der Waals surface area contributed by atoms with E-state index >= 15 is 0 Å². The highest BCUT2D eigenvalue weighted by Crippen LogP contribution is 2.35. The number of rotatable bonds is 5. The Labute approximate surface area is 183 Å². The van der Waals surface area contributed by atoms with Crippen molar-refractivity contribution in [2.45, 2.75) is 19.7 Å². The predicted octanol–water partition coefficient (Wildman–Crippen LogP) is 5.95. The van der Waals surface area contributed by atoms with E-state index in [0.717, 1.165) is 33.8 Å². The number of amides is 1. The second-order valence-electron chi connectivity index (χ2n) is 6.75. The summed E-state index contributed by atoms with van der Waals surface area (Å²) in [6.07, 6.45) is -4.54. The van der Waals surface area contributed by atoms with Crippen LogP contribution in [-0.2, 0) is 22.3 Å². The van der Waals surface area contributed by atoms with Crippen LogP contribution in [0.5, 0.6) is 0 Å². The second kappa shape index (κ2) is 8.46. The first kappa shape index (κ1) is 21.6. The Morgan fingerprint density at radius 2 is 1.91 bits per heavy atom. The minimum atomic E-state index is -4.54. The zero-order chi connectivity index (χ0) is 22.9. The molecule has 0 fully saturated rings. The molecule has 0 bridgehead atoms. The highest BCUT2D eigenvalue weighted by atomic mass is 32.1. The second-order valence-corrected chi connectivity index (χ2v) is 7.59. The Morgan fingerprint density at radius 1 is 1.12 bits per heavy atom. The highest BCUT2D eigenvalue weighted by Gasteiger charge is 2.31. The predicted molar refractivity (Wildman–Crippen MR) is 112 cm³/mol. The van der Waals surface area contributed by atoms with Crippen molar-refractivity contribution in [1.82, 2.24) is 4.98 Å². The highest BCUT2D eigenvalue weighted by molar-refractivity contribution is 7.14. The quantitative estimate of drug-likeness (QED) is 0.344. The summed E-state index contributed by atoms with van der Waals surface area (Å²) in [4.78, 5) is 29.8. The first-order valence-corrected chi connectivity index (χ1v) is 10.2. The fourth-order valence-electron chi connectivity index (χ4n) is 3.01. The van der Waals surface area contributed by atoms with Crippen molar-refractivity contribution in [2.75, 3.05) is 4.90 Å². The Kier molecular flexibility index (Phi) is 5.70. The third kappa shape index (κ3) is 4.50. The van der Waals surface area contributed by atoms with Gasteiger partial charge < -0.3 is 9.15 Å². The number of carbonyl (C=O) groups is 2. The lowest BCUT2D eigenvalue weighted by Crippen LogP contribution is -2.23. The van der Waals surface area contributed by atoms with E-state index in [4.69, 9.17) is 9.15 Å². The molecule has 0 atom stereocenters. The number of nitrogens with zero attached hydrogens (tertiary/aromatic N) is 2. The van der Waals surface area contributed by atoms with Crippen LogP contribution in [0.3, 0.4) is 0 Å². The molecule has 0 saturated heterocycles. The standard InChI is InChI=1S/C22H15F3N2O4S/c1-13(28)27(17-7-4-6-15(10-17)22(23,24)25)21-26-16(12-32-21)11-30-20(29)19-9-14-5-2-3-8-18(14)31-19/h2-10,12H,11H2,1H3. The Bertz CT molecular complexity index is 1260. The van der Waals surface area contributed by atoms with Gasteiger partial charge in [0.1, 0.15) is 12.2 Å². The van der Waals surface area contributed by atoms with E-state index in [2.05, 4.69) is 4.98 Å². The molecule has 2 heterocycles. The van der Waals surface area contributed by atoms with Crippen LogP contribution in [0, 0.1) is 0 Å². The molecule has 4 rings (SSSR count). The van der Waals surface area contributed by atoms with Gasteiger partial charge in [-0.05, 0) is 30.3 Å². The molecule has 0 aliphatic rings. The number of benzene rings is 2. The van der Waals surface area contributed by atoms with Crippen LogP contribution < -0.4 is 4.90 Å². The molecule has 0 radical (unpaired) electrons. The number of carbonyl (C=O) groups excluding carboxylic acids is 2. The van der Waals surface area contributed by atoms with Crippen LogP contribution in [0.25, 0.3) is 11.0 Å². The number of furan rings is 1. The Morgan fingerprint density at radius 3 is 2.62 bits per heavy atom. The number of halogens is 3. The topological polar surface area (TPSA) is 72.6 Å². The van der Waals surface area contributed by atoms with Crippen molar-refractivity contribution >= 4 is 45.0 Å². The molecule has 2 aromatic carbocycles. The summed E-state index contributed by atoms with van der Waals surface area (Å²) in [6.45, 7) is 1.03. The van der Waals surface area contributed by atoms with E-state index in [1.54, 1.807) is 29.6 Å². The molecule has 6 nitrogen and oxygen atoms in total. The number of hydrogen-bond acceptors (Lipinski definition) is 6. The van der Waals surface area contributed by atoms with Crippen LogP contribution in [-0.4, -0.2) is 16.9 Å². The van der Waals surface area contributed by atoms with Crippen molar-refractivity contribution < 1.29 is 31.9 Å². The van der Waals surface area contributed by atoms with Gasteiger partial charge in [-0.1, -0.05) is 24.3 Å². The van der Waals surface area contributed by atoms with Crippen molar-refractivity contribution in [3.63, 3.8) is 0 Å². The van der Waals surface area contributed by atoms with E-state index < -0.39 is 23.6 Å². The zero-order valence-electron chi connectivity index (χ0n) is 16.6. The molecule has 0 aliphatic carbocycles. The van der Waals surface area contributed by atoms with Crippen LogP contribution in [0.4, 0.5) is 24.0 Å². The molecule has 0 spiro atoms. The largest absolute Gasteiger partial charge is 0.453 e. The van der Waals surface area contributed by atoms with Crippen LogP contribution in [0.2, 0.25) is 0 Å². The zero-order valence-corrected chi connectivity index (χ0v) is 17.4. The molecule has 0 aliphatic heterocycles. The van der Waals surface area contributed by atoms with Crippen LogP contribution in [0.1, 0.15) is 28.7 Å². The summed E-state index contributed by atoms with van der Waals surface area (Å²) in [5.41, 5.74) is 0.0477. The molecule has 0 saturated carbocycles. The first-order chi connectivity index (χ1) is 15.2. The van der Waals surface area contributed by atoms with Gasteiger partial charge in [-0.2, -0.15) is 13.2 Å². The maximum Gasteiger partial charge on any atom is 0.416 e. The molecule has 164 valence electrons. The number of fused-ring (bicyclic) bond motifs is 1. The number of hydrogen-bond donors (Lipinski definition) is 0. The molecule has 1 amide bonds. The summed E-state index contributed by atoms with van der Waals surface area (Å²) in [7, 11) is 0. The summed E-state index contributed by atoms with van der Waals surface area (Å²) in [6, 6.07) is 13.1. The lowest BCUT2D eigenvalue weighted by atomic mass is 10.2. The molecule has 10 heteroatoms. The smallest absolute Gasteiger partial charge is 0.416 e. The molecular formula is C22H15F3N2O4S. The van der Waals surface area contributed by atoms with Crippen LogP contribution >= 0.6 is 11.3 Å². The Hall–Kier alpha value is -3.66. The average Bonchev–Trinajstić information content (AvgIpc) is 3.38. The number of esters is 1. The lowest BCUT2D eigenvalue weighted by Gasteiger charge is -2.19. The molecule has 2 aromatic heterocycles. The SMILES string of the molecule is CC(=O)N(c1cccc(C(F)(F)F)c1)c1nc(COC(=O)c2cc3ccccc3o2)cs1. The normalized spacial score (nSPS) is 11.5. The van der Waals surface area contributed by atoms with Crippen molar-refractivity contribution in [3.05, 3.63) is 77.0 Å². The molecular weight excluding hydrogens is 445 g/mol. The maximum absolute atomic E-state index is 13.1. The van der Waals surface area contributed by atoms with Crippen molar-refractivity contribution in [3.8, 4) is 0 Å². The fraction of sp³-hybridized carbons (Fsp3) is 0.136. The van der Waals surface area contributed by atoms with E-state index in [1.807, 2.05) is 6.07 Å². The van der Waals surface area contributed by atoms with E-state index in [9.17, 15) is 22.8 Å². The fourth-order valence-corrected chi connectivity index (χ4v) is 3.88. The van der Waals surface area contributed by atoms with Gasteiger partial charge in [0.2, 0.25) is 11.7 Å². The summed E-state index contributed by atoms with van der Waals surface area (Å²) < 4.78 is 49.8. The summed E-state index contributed by atoms with van der Waals surface area (Å²) in [5, 5.41) is 2.48. The monoisotopic (exact) mass is 460 g/mol. The third-order valence-electron chi connectivity index (χ3n) is 4.46. The van der Waals surface area contributed by atoms with Gasteiger partial charge in [-0.15, -0.1) is 11.3 Å². The van der Waals surface area contributed by atoms with E-state index in [1.165, 1.54) is 19.1 Å². The molecule has 0 N–H and O–H groups in total. The number of ether oxygens (including phenoxy) is 1. The summed E-state index contributed by atoms with van der Waals surface area (Å²) >= 11 is 1.04. The summed E-state index contributed by atoms with van der Waals surface area (Å²) in [5.74, 6) is -1.16. The van der Waals surface area contributed by atoms with E-state index in [0.29, 0.717) is 11.3 Å². The third-order valence-corrected chi connectivity index (χ3v) is 5.33. The lowest BCUT2D eigenvalue weighted by molar-refractivity contribution is -0.137. The minimum Gasteiger partial charge on any atom is -0.453 e. The van der Waals surface area contributed by atoms with Gasteiger partial charge in [0, 0.05) is 17.7 Å². The van der Waals surface area contributed by atoms with Crippen molar-refractivity contribution in [2.24, 2.45) is 0 Å². The van der Waals surface area contributed by atoms with Crippen molar-refractivity contribution in [1.29, 1.82) is 0 Å². The number of alkyl halides is 3. The van der Waals surface area contributed by atoms with Crippen LogP contribution in [0.15, 0.2) is 64.4 Å². The Balaban J connectivity index is 1.50. The average molecular weight is 460 g/mol. The molecule has 4 aromatic rings. The van der Waals surface area contributed by atoms with Gasteiger partial charge in [-0.3, -0.25) is 9.69 Å². The number of thiazole rings is 1. The molecule has 0 unspecified atom stereocenters.